The van der Waals surface area contributed by atoms with Crippen LogP contribution in [0.3, 0.4) is 0 Å². The molecule has 3 unspecified atom stereocenters. The van der Waals surface area contributed by atoms with Gasteiger partial charge in [-0.3, -0.25) is 4.90 Å². The van der Waals surface area contributed by atoms with Gasteiger partial charge < -0.3 is 24.3 Å². The number of aromatic hydroxyl groups is 1. The van der Waals surface area contributed by atoms with E-state index >= 15 is 0 Å². The monoisotopic (exact) mass is 618 g/mol. The Morgan fingerprint density at radius 3 is 2.69 bits per heavy atom. The average molecular weight is 619 g/mol. The third-order valence-corrected chi connectivity index (χ3v) is 8.99. The van der Waals surface area contributed by atoms with Crippen molar-refractivity contribution >= 4 is 27.5 Å². The van der Waals surface area contributed by atoms with E-state index in [0.717, 1.165) is 25.8 Å². The first kappa shape index (κ1) is 30.7. The van der Waals surface area contributed by atoms with Gasteiger partial charge in [-0.2, -0.15) is 9.97 Å². The third-order valence-electron chi connectivity index (χ3n) is 8.99. The maximum Gasteiger partial charge on any atom is 0.349 e. The van der Waals surface area contributed by atoms with Crippen LogP contribution in [0.2, 0.25) is 0 Å². The molecule has 3 fully saturated rings. The summed E-state index contributed by atoms with van der Waals surface area (Å²) < 4.78 is 38.4. The van der Waals surface area contributed by atoms with Crippen LogP contribution in [0.25, 0.3) is 33.0 Å². The molecule has 3 saturated heterocycles. The third kappa shape index (κ3) is 5.92. The van der Waals surface area contributed by atoms with Crippen molar-refractivity contribution in [3.05, 3.63) is 51.6 Å². The highest BCUT2D eigenvalue weighted by Gasteiger charge is 2.34. The predicted octanol–water partition coefficient (Wildman–Crippen LogP) is 5.09. The van der Waals surface area contributed by atoms with E-state index in [1.165, 1.54) is 44.2 Å². The number of ether oxygens (including phenoxy) is 1. The molecule has 3 aliphatic rings. The summed E-state index contributed by atoms with van der Waals surface area (Å²) in [6, 6.07) is 6.22. The van der Waals surface area contributed by atoms with Gasteiger partial charge in [-0.1, -0.05) is 12.0 Å². The predicted molar refractivity (Wildman–Crippen MR) is 168 cm³/mol. The fraction of sp³-hybridized carbons (Fsp3) is 0.441. The van der Waals surface area contributed by atoms with Gasteiger partial charge in [-0.05, 0) is 75.6 Å². The van der Waals surface area contributed by atoms with Crippen LogP contribution in [0.4, 0.5) is 14.6 Å². The zero-order valence-electron chi connectivity index (χ0n) is 25.4. The summed E-state index contributed by atoms with van der Waals surface area (Å²) in [5.74, 6) is 2.07. The second-order valence-electron chi connectivity index (χ2n) is 12.0. The van der Waals surface area contributed by atoms with Crippen LogP contribution in [0.15, 0.2) is 33.5 Å². The minimum absolute atomic E-state index is 0.0100. The van der Waals surface area contributed by atoms with Crippen LogP contribution in [-0.2, 0) is 0 Å². The van der Waals surface area contributed by atoms with Crippen LogP contribution >= 0.6 is 0 Å². The van der Waals surface area contributed by atoms with Crippen molar-refractivity contribution in [2.75, 3.05) is 38.2 Å². The van der Waals surface area contributed by atoms with E-state index in [9.17, 15) is 23.8 Å². The summed E-state index contributed by atoms with van der Waals surface area (Å²) in [6.07, 6.45) is 10.2. The zero-order chi connectivity index (χ0) is 31.8. The smallest absolute Gasteiger partial charge is 0.349 e. The molecule has 9 nitrogen and oxygen atoms in total. The minimum Gasteiger partial charge on any atom is -0.508 e. The first-order valence-corrected chi connectivity index (χ1v) is 15.3. The molecule has 0 bridgehead atoms. The molecular weight excluding hydrogens is 582 g/mol. The number of rotatable bonds is 3. The van der Waals surface area contributed by atoms with Gasteiger partial charge >= 0.3 is 11.6 Å². The van der Waals surface area contributed by atoms with Gasteiger partial charge in [0.2, 0.25) is 0 Å². The number of phenolic OH excluding ortho intramolecular Hbond substituents is 1. The Kier molecular flexibility index (Phi) is 8.62. The van der Waals surface area contributed by atoms with E-state index in [2.05, 4.69) is 20.8 Å². The van der Waals surface area contributed by atoms with Gasteiger partial charge in [-0.25, -0.2) is 13.6 Å². The first-order valence-electron chi connectivity index (χ1n) is 15.3. The molecule has 0 spiro atoms. The SMILES string of the molecule is C#Cc1c(F)ccc2cc(O)cc(-c3oc(=O)c4c(N5CCCCC(O)C5)nc(OC)nc4c3C)c12.FC1CC2CCCN2C1. The number of aromatic nitrogens is 2. The van der Waals surface area contributed by atoms with Crippen molar-refractivity contribution in [3.63, 3.8) is 0 Å². The van der Waals surface area contributed by atoms with E-state index in [4.69, 9.17) is 15.6 Å². The van der Waals surface area contributed by atoms with Gasteiger partial charge in [0.15, 0.2) is 5.82 Å². The summed E-state index contributed by atoms with van der Waals surface area (Å²) in [6.45, 7) is 4.46. The number of terminal acetylenes is 1. The van der Waals surface area contributed by atoms with Gasteiger partial charge in [-0.15, -0.1) is 6.42 Å². The minimum atomic E-state index is -0.711. The molecule has 3 atom stereocenters. The molecule has 5 heterocycles. The standard InChI is InChI=1S/C27H24FN3O5.C7H12FN/c1-4-18-20(28)9-8-15-11-17(33)12-19(21(15)18)24-14(2)23-22(26(34)36-24)25(30-27(29-23)35-3)31-10-6-5-7-16(32)13-31;8-6-4-7-2-1-3-9(7)5-6/h1,8-9,11-12,16,32-33H,5-7,10,13H2,2-3H3;6-7H,1-5H2. The maximum atomic E-state index is 14.6. The van der Waals surface area contributed by atoms with Crippen LogP contribution in [0.1, 0.15) is 49.7 Å². The molecule has 11 heteroatoms. The molecule has 0 aliphatic carbocycles. The summed E-state index contributed by atoms with van der Waals surface area (Å²) in [7, 11) is 1.43. The van der Waals surface area contributed by atoms with E-state index in [-0.39, 0.29) is 39.6 Å². The quantitative estimate of drug-likeness (QED) is 0.303. The number of aryl methyl sites for hydroxylation is 1. The Morgan fingerprint density at radius 1 is 1.11 bits per heavy atom. The van der Waals surface area contributed by atoms with E-state index in [0.29, 0.717) is 54.3 Å². The average Bonchev–Trinajstić information content (AvgIpc) is 3.53. The fourth-order valence-corrected chi connectivity index (χ4v) is 6.88. The Morgan fingerprint density at radius 2 is 1.93 bits per heavy atom. The highest BCUT2D eigenvalue weighted by molar-refractivity contribution is 6.03. The fourth-order valence-electron chi connectivity index (χ4n) is 6.88. The molecule has 236 valence electrons. The van der Waals surface area contributed by atoms with E-state index < -0.39 is 23.7 Å². The van der Waals surface area contributed by atoms with Crippen molar-refractivity contribution in [1.82, 2.24) is 14.9 Å². The zero-order valence-corrected chi connectivity index (χ0v) is 25.4. The van der Waals surface area contributed by atoms with Crippen LogP contribution < -0.4 is 15.3 Å². The normalized spacial score (nSPS) is 21.7. The lowest BCUT2D eigenvalue weighted by molar-refractivity contribution is 0.174. The molecule has 0 amide bonds. The van der Waals surface area contributed by atoms with Gasteiger partial charge in [0.25, 0.3) is 0 Å². The van der Waals surface area contributed by atoms with Gasteiger partial charge in [0, 0.05) is 42.2 Å². The maximum absolute atomic E-state index is 14.6. The van der Waals surface area contributed by atoms with Crippen molar-refractivity contribution in [1.29, 1.82) is 0 Å². The Bertz CT molecular complexity index is 1840. The number of aliphatic hydroxyl groups is 1. The highest BCUT2D eigenvalue weighted by atomic mass is 19.1. The Balaban J connectivity index is 0.000000337. The lowest BCUT2D eigenvalue weighted by Gasteiger charge is -2.24. The largest absolute Gasteiger partial charge is 0.508 e. The number of fused-ring (bicyclic) bond motifs is 3. The van der Waals surface area contributed by atoms with E-state index in [1.807, 2.05) is 4.90 Å². The molecule has 45 heavy (non-hydrogen) atoms. The summed E-state index contributed by atoms with van der Waals surface area (Å²) in [5.41, 5.74) is 0.289. The van der Waals surface area contributed by atoms with Crippen LogP contribution in [-0.4, -0.2) is 76.7 Å². The summed E-state index contributed by atoms with van der Waals surface area (Å²) in [5, 5.41) is 21.7. The second kappa shape index (κ2) is 12.6. The number of nitrogens with zero attached hydrogens (tertiary/aromatic N) is 4. The summed E-state index contributed by atoms with van der Waals surface area (Å²) in [4.78, 5) is 26.4. The molecule has 7 rings (SSSR count). The number of halogens is 2. The van der Waals surface area contributed by atoms with Gasteiger partial charge in [0.05, 0.1) is 24.3 Å². The van der Waals surface area contributed by atoms with Crippen molar-refractivity contribution in [2.24, 2.45) is 0 Å². The molecule has 4 aromatic rings. The number of hydrogen-bond acceptors (Lipinski definition) is 9. The topological polar surface area (TPSA) is 112 Å². The number of methoxy groups -OCH3 is 1. The van der Waals surface area contributed by atoms with E-state index in [1.54, 1.807) is 6.92 Å². The molecule has 2 aromatic heterocycles. The Hall–Kier alpha value is -4.27. The number of aliphatic hydroxyl groups excluding tert-OH is 1. The Labute approximate surface area is 259 Å². The second-order valence-corrected chi connectivity index (χ2v) is 12.0. The lowest BCUT2D eigenvalue weighted by Crippen LogP contribution is -2.32. The molecular formula is C34H36F2N4O5. The van der Waals surface area contributed by atoms with Crippen molar-refractivity contribution in [2.45, 2.75) is 63.8 Å². The van der Waals surface area contributed by atoms with Crippen LogP contribution in [0.5, 0.6) is 11.8 Å². The number of anilines is 1. The summed E-state index contributed by atoms with van der Waals surface area (Å²) >= 11 is 0. The molecule has 0 radical (unpaired) electrons. The molecule has 2 aromatic carbocycles. The first-order chi connectivity index (χ1) is 21.7. The number of alkyl halides is 1. The molecule has 0 saturated carbocycles. The number of hydrogen-bond donors (Lipinski definition) is 2. The van der Waals surface area contributed by atoms with Crippen LogP contribution in [0, 0.1) is 25.1 Å². The number of phenols is 1. The molecule has 3 aliphatic heterocycles. The van der Waals surface area contributed by atoms with Gasteiger partial charge in [0.1, 0.15) is 28.9 Å². The highest BCUT2D eigenvalue weighted by Crippen LogP contribution is 2.39. The molecule has 2 N–H and O–H groups in total. The van der Waals surface area contributed by atoms with Crippen molar-refractivity contribution < 1.29 is 28.1 Å². The van der Waals surface area contributed by atoms with Crippen molar-refractivity contribution in [3.8, 4) is 35.4 Å². The number of benzene rings is 2. The number of β-amino-alcohol motifs (C(OH)–C–C–N with tert-alkyl or cyclic N) is 1. The lowest BCUT2D eigenvalue weighted by atomic mass is 9.95.